The van der Waals surface area contributed by atoms with E-state index >= 15 is 0 Å². The number of benzene rings is 3. The monoisotopic (exact) mass is 404 g/mol. The fourth-order valence-electron chi connectivity index (χ4n) is 3.97. The molecule has 0 saturated carbocycles. The average molecular weight is 404 g/mol. The van der Waals surface area contributed by atoms with Crippen molar-refractivity contribution in [3.8, 4) is 11.1 Å². The van der Waals surface area contributed by atoms with Gasteiger partial charge in [0.15, 0.2) is 5.58 Å². The third kappa shape index (κ3) is 3.24. The van der Waals surface area contributed by atoms with Crippen LogP contribution in [0.25, 0.3) is 22.2 Å². The van der Waals surface area contributed by atoms with Gasteiger partial charge in [-0.15, -0.1) is 0 Å². The van der Waals surface area contributed by atoms with Gasteiger partial charge in [-0.1, -0.05) is 30.3 Å². The van der Waals surface area contributed by atoms with Gasteiger partial charge in [0.2, 0.25) is 5.89 Å². The molecule has 1 fully saturated rings. The van der Waals surface area contributed by atoms with E-state index in [1.165, 1.54) is 24.3 Å². The molecule has 0 bridgehead atoms. The Hall–Kier alpha value is -3.54. The molecule has 1 amide bonds. The van der Waals surface area contributed by atoms with Crippen LogP contribution in [0, 0.1) is 11.6 Å². The molecule has 1 unspecified atom stereocenters. The van der Waals surface area contributed by atoms with Crippen LogP contribution in [0.5, 0.6) is 0 Å². The topological polar surface area (TPSA) is 46.3 Å². The van der Waals surface area contributed by atoms with E-state index in [4.69, 9.17) is 4.42 Å². The first kappa shape index (κ1) is 18.5. The Labute approximate surface area is 171 Å². The molecule has 1 atom stereocenters. The lowest BCUT2D eigenvalue weighted by Gasteiger charge is -2.22. The Balaban J connectivity index is 1.47. The van der Waals surface area contributed by atoms with Crippen molar-refractivity contribution >= 4 is 17.0 Å². The molecule has 3 aromatic carbocycles. The highest BCUT2D eigenvalue weighted by Crippen LogP contribution is 2.35. The van der Waals surface area contributed by atoms with Crippen molar-refractivity contribution in [3.05, 3.63) is 89.8 Å². The first-order valence-corrected chi connectivity index (χ1v) is 9.82. The van der Waals surface area contributed by atoms with Gasteiger partial charge in [0.25, 0.3) is 5.91 Å². The summed E-state index contributed by atoms with van der Waals surface area (Å²) in [6.07, 6.45) is 1.50. The molecule has 0 radical (unpaired) electrons. The molecule has 1 aromatic heterocycles. The predicted octanol–water partition coefficient (Wildman–Crippen LogP) is 5.75. The molecule has 1 saturated heterocycles. The van der Waals surface area contributed by atoms with Crippen LogP contribution in [-0.2, 0) is 0 Å². The second-order valence-corrected chi connectivity index (χ2v) is 7.38. The average Bonchev–Trinajstić information content (AvgIpc) is 3.40. The summed E-state index contributed by atoms with van der Waals surface area (Å²) < 4.78 is 33.3. The number of rotatable bonds is 3. The number of hydrogen-bond acceptors (Lipinski definition) is 3. The zero-order chi connectivity index (χ0) is 20.7. The highest BCUT2D eigenvalue weighted by Gasteiger charge is 2.34. The summed E-state index contributed by atoms with van der Waals surface area (Å²) in [5.41, 5.74) is 3.10. The third-order valence-electron chi connectivity index (χ3n) is 5.48. The number of aromatic nitrogens is 1. The quantitative estimate of drug-likeness (QED) is 0.437. The van der Waals surface area contributed by atoms with Crippen molar-refractivity contribution < 1.29 is 18.0 Å². The van der Waals surface area contributed by atoms with E-state index < -0.39 is 5.82 Å². The van der Waals surface area contributed by atoms with Crippen LogP contribution in [-0.4, -0.2) is 22.3 Å². The largest absolute Gasteiger partial charge is 0.438 e. The zero-order valence-electron chi connectivity index (χ0n) is 16.0. The molecular weight excluding hydrogens is 386 g/mol. The normalized spacial score (nSPS) is 16.3. The lowest BCUT2D eigenvalue weighted by atomic mass is 10.1. The van der Waals surface area contributed by atoms with Gasteiger partial charge in [-0.2, -0.15) is 0 Å². The van der Waals surface area contributed by atoms with Gasteiger partial charge in [0.05, 0.1) is 5.56 Å². The number of carbonyl (C=O) groups is 1. The van der Waals surface area contributed by atoms with Crippen LogP contribution >= 0.6 is 0 Å². The molecule has 0 spiro atoms. The predicted molar refractivity (Wildman–Crippen MR) is 109 cm³/mol. The Morgan fingerprint density at radius 2 is 1.77 bits per heavy atom. The van der Waals surface area contributed by atoms with Crippen molar-refractivity contribution in [1.29, 1.82) is 0 Å². The molecule has 0 aliphatic carbocycles. The summed E-state index contributed by atoms with van der Waals surface area (Å²) >= 11 is 0. The number of halogens is 2. The molecule has 4 aromatic rings. The minimum atomic E-state index is -0.533. The van der Waals surface area contributed by atoms with Crippen LogP contribution < -0.4 is 0 Å². The Morgan fingerprint density at radius 1 is 1.00 bits per heavy atom. The van der Waals surface area contributed by atoms with Gasteiger partial charge in [-0.3, -0.25) is 4.79 Å². The number of nitrogens with zero attached hydrogens (tertiary/aromatic N) is 2. The molecule has 1 aliphatic rings. The maximum absolute atomic E-state index is 14.1. The van der Waals surface area contributed by atoms with Crippen LogP contribution in [0.1, 0.15) is 35.1 Å². The molecule has 150 valence electrons. The van der Waals surface area contributed by atoms with Crippen molar-refractivity contribution in [2.24, 2.45) is 0 Å². The standard InChI is InChI=1S/C24H18F2N2O2/c25-17-10-7-15(8-11-17)16-9-12-22-20(14-16)27-23(30-22)21-6-3-13-28(21)24(29)18-4-1-2-5-19(18)26/h1-2,4-5,7-12,14,21H,3,6,13H2. The second kappa shape index (κ2) is 7.37. The summed E-state index contributed by atoms with van der Waals surface area (Å²) in [6.45, 7) is 0.525. The SMILES string of the molecule is O=C(c1ccccc1F)N1CCCC1c1nc2cc(-c3ccc(F)cc3)ccc2o1. The van der Waals surface area contributed by atoms with Gasteiger partial charge in [-0.05, 0) is 60.4 Å². The molecule has 1 aliphatic heterocycles. The van der Waals surface area contributed by atoms with E-state index in [-0.39, 0.29) is 23.3 Å². The fraction of sp³-hybridized carbons (Fsp3) is 0.167. The molecule has 6 heteroatoms. The highest BCUT2D eigenvalue weighted by atomic mass is 19.1. The minimum Gasteiger partial charge on any atom is -0.438 e. The highest BCUT2D eigenvalue weighted by molar-refractivity contribution is 5.95. The van der Waals surface area contributed by atoms with Crippen molar-refractivity contribution in [2.45, 2.75) is 18.9 Å². The third-order valence-corrected chi connectivity index (χ3v) is 5.48. The molecule has 30 heavy (non-hydrogen) atoms. The molecular formula is C24H18F2N2O2. The Kier molecular flexibility index (Phi) is 4.54. The van der Waals surface area contributed by atoms with E-state index in [2.05, 4.69) is 4.98 Å². The zero-order valence-corrected chi connectivity index (χ0v) is 16.0. The smallest absolute Gasteiger partial charge is 0.257 e. The van der Waals surface area contributed by atoms with Gasteiger partial charge in [-0.25, -0.2) is 13.8 Å². The summed E-state index contributed by atoms with van der Waals surface area (Å²) in [5, 5.41) is 0. The minimum absolute atomic E-state index is 0.0547. The van der Waals surface area contributed by atoms with Gasteiger partial charge < -0.3 is 9.32 Å². The van der Waals surface area contributed by atoms with E-state index in [9.17, 15) is 13.6 Å². The number of carbonyl (C=O) groups excluding carboxylic acids is 1. The van der Waals surface area contributed by atoms with Crippen molar-refractivity contribution in [1.82, 2.24) is 9.88 Å². The molecule has 5 rings (SSSR count). The van der Waals surface area contributed by atoms with Gasteiger partial charge >= 0.3 is 0 Å². The maximum Gasteiger partial charge on any atom is 0.257 e. The first-order chi connectivity index (χ1) is 14.6. The van der Waals surface area contributed by atoms with Crippen LogP contribution in [0.15, 0.2) is 71.1 Å². The fourth-order valence-corrected chi connectivity index (χ4v) is 3.97. The molecule has 2 heterocycles. The first-order valence-electron chi connectivity index (χ1n) is 9.82. The van der Waals surface area contributed by atoms with Crippen molar-refractivity contribution in [2.75, 3.05) is 6.54 Å². The lowest BCUT2D eigenvalue weighted by Crippen LogP contribution is -2.31. The number of hydrogen-bond donors (Lipinski definition) is 0. The van der Waals surface area contributed by atoms with Crippen LogP contribution in [0.2, 0.25) is 0 Å². The Bertz CT molecular complexity index is 1230. The maximum atomic E-state index is 14.1. The van der Waals surface area contributed by atoms with E-state index in [1.807, 2.05) is 18.2 Å². The van der Waals surface area contributed by atoms with Crippen LogP contribution in [0.3, 0.4) is 0 Å². The van der Waals surface area contributed by atoms with Gasteiger partial charge in [0, 0.05) is 6.54 Å². The van der Waals surface area contributed by atoms with E-state index in [1.54, 1.807) is 29.2 Å². The summed E-state index contributed by atoms with van der Waals surface area (Å²) in [7, 11) is 0. The number of likely N-dealkylation sites (tertiary alicyclic amines) is 1. The van der Waals surface area contributed by atoms with Gasteiger partial charge in [0.1, 0.15) is 23.2 Å². The summed E-state index contributed by atoms with van der Waals surface area (Å²) in [6, 6.07) is 17.5. The summed E-state index contributed by atoms with van der Waals surface area (Å²) in [5.74, 6) is -0.729. The number of fused-ring (bicyclic) bond motifs is 1. The van der Waals surface area contributed by atoms with E-state index in [0.717, 1.165) is 17.5 Å². The number of oxazole rings is 1. The summed E-state index contributed by atoms with van der Waals surface area (Å²) in [4.78, 5) is 19.2. The van der Waals surface area contributed by atoms with E-state index in [0.29, 0.717) is 30.0 Å². The Morgan fingerprint density at radius 3 is 2.57 bits per heavy atom. The molecule has 4 nitrogen and oxygen atoms in total. The number of amides is 1. The van der Waals surface area contributed by atoms with Crippen molar-refractivity contribution in [3.63, 3.8) is 0 Å². The lowest BCUT2D eigenvalue weighted by molar-refractivity contribution is 0.0712. The van der Waals surface area contributed by atoms with Crippen LogP contribution in [0.4, 0.5) is 8.78 Å². The molecule has 0 N–H and O–H groups in total. The second-order valence-electron chi connectivity index (χ2n) is 7.38.